The van der Waals surface area contributed by atoms with Crippen molar-refractivity contribution >= 4 is 30.3 Å². The van der Waals surface area contributed by atoms with Gasteiger partial charge in [0.15, 0.2) is 0 Å². The lowest BCUT2D eigenvalue weighted by atomic mass is 10.0. The molecule has 25 heavy (non-hydrogen) atoms. The van der Waals surface area contributed by atoms with Crippen molar-refractivity contribution in [2.45, 2.75) is 32.9 Å². The summed E-state index contributed by atoms with van der Waals surface area (Å²) in [6.07, 6.45) is 0.810. The van der Waals surface area contributed by atoms with Crippen LogP contribution in [0.2, 0.25) is 0 Å². The van der Waals surface area contributed by atoms with Gasteiger partial charge < -0.3 is 16.4 Å². The topological polar surface area (TPSA) is 105 Å². The number of nitrogens with two attached hydrogens (primary N) is 1. The average Bonchev–Trinajstić information content (AvgIpc) is 2.86. The first-order valence-electron chi connectivity index (χ1n) is 8.08. The maximum absolute atomic E-state index is 12.4. The van der Waals surface area contributed by atoms with E-state index < -0.39 is 6.03 Å². The van der Waals surface area contributed by atoms with Gasteiger partial charge in [-0.1, -0.05) is 26.0 Å². The lowest BCUT2D eigenvalue weighted by Crippen LogP contribution is -2.41. The highest BCUT2D eigenvalue weighted by Gasteiger charge is 2.28. The molecule has 7 nitrogen and oxygen atoms in total. The third-order valence-electron chi connectivity index (χ3n) is 3.84. The molecule has 0 spiro atoms. The predicted octanol–water partition coefficient (Wildman–Crippen LogP) is 1.26. The molecule has 1 unspecified atom stereocenters. The van der Waals surface area contributed by atoms with Crippen LogP contribution in [0.25, 0.3) is 0 Å². The van der Waals surface area contributed by atoms with Crippen molar-refractivity contribution in [2.75, 3.05) is 13.1 Å². The SMILES string of the molecule is CC(C)CC(CN)NC(=O)c1cccc(CN2C(=O)CNC2=O)c1.Cl. The number of hydrogen-bond acceptors (Lipinski definition) is 4. The highest BCUT2D eigenvalue weighted by Crippen LogP contribution is 2.12. The van der Waals surface area contributed by atoms with Crippen molar-refractivity contribution in [3.63, 3.8) is 0 Å². The third-order valence-corrected chi connectivity index (χ3v) is 3.84. The predicted molar refractivity (Wildman–Crippen MR) is 97.4 cm³/mol. The zero-order valence-electron chi connectivity index (χ0n) is 14.5. The number of benzene rings is 1. The summed E-state index contributed by atoms with van der Waals surface area (Å²) < 4.78 is 0. The van der Waals surface area contributed by atoms with E-state index >= 15 is 0 Å². The summed E-state index contributed by atoms with van der Waals surface area (Å²) in [5, 5.41) is 5.40. The van der Waals surface area contributed by atoms with Gasteiger partial charge in [0.25, 0.3) is 5.91 Å². The third kappa shape index (κ3) is 5.72. The fourth-order valence-corrected chi connectivity index (χ4v) is 2.66. The molecule has 0 aromatic heterocycles. The van der Waals surface area contributed by atoms with Crippen LogP contribution in [0, 0.1) is 5.92 Å². The van der Waals surface area contributed by atoms with E-state index in [-0.39, 0.29) is 43.4 Å². The molecular formula is C17H25ClN4O3. The highest BCUT2D eigenvalue weighted by atomic mass is 35.5. The monoisotopic (exact) mass is 368 g/mol. The summed E-state index contributed by atoms with van der Waals surface area (Å²) in [7, 11) is 0. The van der Waals surface area contributed by atoms with E-state index in [2.05, 4.69) is 24.5 Å². The Hall–Kier alpha value is -2.12. The summed E-state index contributed by atoms with van der Waals surface area (Å²) >= 11 is 0. The van der Waals surface area contributed by atoms with E-state index in [0.717, 1.165) is 16.9 Å². The number of carbonyl (C=O) groups is 3. The fraction of sp³-hybridized carbons (Fsp3) is 0.471. The fourth-order valence-electron chi connectivity index (χ4n) is 2.66. The zero-order chi connectivity index (χ0) is 17.7. The number of halogens is 1. The summed E-state index contributed by atoms with van der Waals surface area (Å²) in [5.74, 6) is -0.0370. The minimum atomic E-state index is -0.407. The van der Waals surface area contributed by atoms with Crippen LogP contribution < -0.4 is 16.4 Å². The van der Waals surface area contributed by atoms with E-state index in [1.54, 1.807) is 24.3 Å². The maximum Gasteiger partial charge on any atom is 0.324 e. The molecule has 0 radical (unpaired) electrons. The van der Waals surface area contributed by atoms with E-state index in [1.165, 1.54) is 0 Å². The summed E-state index contributed by atoms with van der Waals surface area (Å²) in [5.41, 5.74) is 6.92. The van der Waals surface area contributed by atoms with Crippen LogP contribution in [-0.4, -0.2) is 41.9 Å². The number of amides is 4. The van der Waals surface area contributed by atoms with E-state index in [4.69, 9.17) is 5.73 Å². The van der Waals surface area contributed by atoms with Crippen molar-refractivity contribution in [1.29, 1.82) is 0 Å². The molecule has 0 saturated carbocycles. The summed E-state index contributed by atoms with van der Waals surface area (Å²) in [6, 6.07) is 6.43. The molecular weight excluding hydrogens is 344 g/mol. The molecule has 1 aliphatic rings. The van der Waals surface area contributed by atoms with Gasteiger partial charge in [0.1, 0.15) is 0 Å². The van der Waals surface area contributed by atoms with E-state index in [1.807, 2.05) is 0 Å². The van der Waals surface area contributed by atoms with Crippen LogP contribution in [0.15, 0.2) is 24.3 Å². The lowest BCUT2D eigenvalue weighted by molar-refractivity contribution is -0.125. The van der Waals surface area contributed by atoms with Crippen LogP contribution >= 0.6 is 12.4 Å². The van der Waals surface area contributed by atoms with Gasteiger partial charge >= 0.3 is 6.03 Å². The largest absolute Gasteiger partial charge is 0.348 e. The van der Waals surface area contributed by atoms with Gasteiger partial charge in [0.05, 0.1) is 13.1 Å². The Labute approximate surface area is 153 Å². The molecule has 0 bridgehead atoms. The Bertz CT molecular complexity index is 620. The first kappa shape index (κ1) is 20.9. The highest BCUT2D eigenvalue weighted by molar-refractivity contribution is 6.02. The van der Waals surface area contributed by atoms with Crippen molar-refractivity contribution in [3.05, 3.63) is 35.4 Å². The van der Waals surface area contributed by atoms with Crippen molar-refractivity contribution in [2.24, 2.45) is 11.7 Å². The minimum Gasteiger partial charge on any atom is -0.348 e. The smallest absolute Gasteiger partial charge is 0.324 e. The van der Waals surface area contributed by atoms with E-state index in [9.17, 15) is 14.4 Å². The molecule has 1 saturated heterocycles. The van der Waals surface area contributed by atoms with Gasteiger partial charge in [0.2, 0.25) is 5.91 Å². The number of carbonyl (C=O) groups excluding carboxylic acids is 3. The van der Waals surface area contributed by atoms with Gasteiger partial charge in [-0.3, -0.25) is 14.5 Å². The number of rotatable bonds is 7. The van der Waals surface area contributed by atoms with Crippen LogP contribution in [0.1, 0.15) is 36.2 Å². The molecule has 138 valence electrons. The summed E-state index contributed by atoms with van der Waals surface area (Å²) in [4.78, 5) is 36.8. The molecule has 1 aromatic carbocycles. The first-order valence-corrected chi connectivity index (χ1v) is 8.08. The number of imide groups is 1. The molecule has 4 amide bonds. The number of hydrogen-bond donors (Lipinski definition) is 3. The molecule has 4 N–H and O–H groups in total. The lowest BCUT2D eigenvalue weighted by Gasteiger charge is -2.19. The van der Waals surface area contributed by atoms with Crippen LogP contribution in [0.4, 0.5) is 4.79 Å². The number of nitrogens with one attached hydrogen (secondary N) is 2. The van der Waals surface area contributed by atoms with Gasteiger partial charge in [-0.2, -0.15) is 0 Å². The molecule has 2 rings (SSSR count). The Kier molecular flexibility index (Phi) is 7.86. The second-order valence-corrected chi connectivity index (χ2v) is 6.37. The maximum atomic E-state index is 12.4. The minimum absolute atomic E-state index is 0. The molecule has 8 heteroatoms. The molecule has 1 aromatic rings. The molecule has 1 fully saturated rings. The van der Waals surface area contributed by atoms with Crippen LogP contribution in [0.5, 0.6) is 0 Å². The quantitative estimate of drug-likeness (QED) is 0.630. The van der Waals surface area contributed by atoms with Crippen LogP contribution in [-0.2, 0) is 11.3 Å². The standard InChI is InChI=1S/C17H24N4O3.ClH/c1-11(2)6-14(8-18)20-16(23)13-5-3-4-12(7-13)10-21-15(22)9-19-17(21)24;/h3-5,7,11,14H,6,8-10,18H2,1-2H3,(H,19,24)(H,20,23);1H. The summed E-state index contributed by atoms with van der Waals surface area (Å²) in [6.45, 7) is 4.71. The van der Waals surface area contributed by atoms with Gasteiger partial charge in [-0.25, -0.2) is 4.79 Å². The van der Waals surface area contributed by atoms with Crippen molar-refractivity contribution in [1.82, 2.24) is 15.5 Å². The number of nitrogens with zero attached hydrogens (tertiary/aromatic N) is 1. The van der Waals surface area contributed by atoms with Crippen molar-refractivity contribution < 1.29 is 14.4 Å². The van der Waals surface area contributed by atoms with Crippen molar-refractivity contribution in [3.8, 4) is 0 Å². The van der Waals surface area contributed by atoms with Gasteiger partial charge in [-0.05, 0) is 30.0 Å². The number of urea groups is 1. The normalized spacial score (nSPS) is 15.0. The first-order chi connectivity index (χ1) is 11.4. The zero-order valence-corrected chi connectivity index (χ0v) is 15.3. The van der Waals surface area contributed by atoms with Gasteiger partial charge in [0, 0.05) is 18.2 Å². The second kappa shape index (κ2) is 9.39. The van der Waals surface area contributed by atoms with E-state index in [0.29, 0.717) is 18.0 Å². The molecule has 0 aliphatic carbocycles. The Morgan fingerprint density at radius 3 is 2.64 bits per heavy atom. The Balaban J connectivity index is 0.00000312. The van der Waals surface area contributed by atoms with Gasteiger partial charge in [-0.15, -0.1) is 12.4 Å². The molecule has 1 heterocycles. The Morgan fingerprint density at radius 1 is 1.36 bits per heavy atom. The van der Waals surface area contributed by atoms with Crippen LogP contribution in [0.3, 0.4) is 0 Å². The average molecular weight is 369 g/mol. The molecule has 1 aliphatic heterocycles. The Morgan fingerprint density at radius 2 is 2.08 bits per heavy atom. The second-order valence-electron chi connectivity index (χ2n) is 6.37. The molecule has 1 atom stereocenters.